The zero-order valence-electron chi connectivity index (χ0n) is 12.8. The van der Waals surface area contributed by atoms with Crippen molar-refractivity contribution in [2.45, 2.75) is 33.7 Å². The lowest BCUT2D eigenvalue weighted by Gasteiger charge is -2.25. The Labute approximate surface area is 124 Å². The number of aromatic nitrogens is 2. The summed E-state index contributed by atoms with van der Waals surface area (Å²) in [5, 5.41) is 13.4. The molecule has 1 heterocycles. The number of nitrogens with zero attached hydrogens (tertiary/aromatic N) is 2. The summed E-state index contributed by atoms with van der Waals surface area (Å²) >= 11 is 0. The average Bonchev–Trinajstić information content (AvgIpc) is 2.43. The van der Waals surface area contributed by atoms with E-state index in [0.717, 1.165) is 16.5 Å². The minimum atomic E-state index is -0.865. The number of nitrogens with one attached hydrogen (secondary N) is 1. The summed E-state index contributed by atoms with van der Waals surface area (Å²) in [6.45, 7) is 7.96. The summed E-state index contributed by atoms with van der Waals surface area (Å²) in [5.41, 5.74) is 1.89. The highest BCUT2D eigenvalue weighted by molar-refractivity contribution is 5.91. The number of rotatable bonds is 5. The molecule has 2 aromatic rings. The normalized spacial score (nSPS) is 14.1. The maximum Gasteiger partial charge on any atom is 0.326 e. The van der Waals surface area contributed by atoms with Crippen LogP contribution in [0.4, 0.5) is 5.82 Å². The lowest BCUT2D eigenvalue weighted by Crippen LogP contribution is -2.38. The Kier molecular flexibility index (Phi) is 4.40. The van der Waals surface area contributed by atoms with E-state index in [0.29, 0.717) is 5.82 Å². The third kappa shape index (κ3) is 3.29. The van der Waals surface area contributed by atoms with E-state index in [1.807, 2.05) is 45.9 Å². The van der Waals surface area contributed by atoms with Crippen molar-refractivity contribution in [1.82, 2.24) is 9.97 Å². The smallest absolute Gasteiger partial charge is 0.326 e. The van der Waals surface area contributed by atoms with Gasteiger partial charge in [-0.2, -0.15) is 0 Å². The number of benzene rings is 1. The molecule has 2 atom stereocenters. The molecule has 1 aromatic heterocycles. The maximum absolute atomic E-state index is 11.5. The molecule has 0 amide bonds. The van der Waals surface area contributed by atoms with Gasteiger partial charge in [-0.25, -0.2) is 14.8 Å². The van der Waals surface area contributed by atoms with E-state index in [1.54, 1.807) is 0 Å². The highest BCUT2D eigenvalue weighted by Crippen LogP contribution is 2.24. The fraction of sp³-hybridized carbons (Fsp3) is 0.438. The van der Waals surface area contributed by atoms with Crippen molar-refractivity contribution >= 4 is 22.7 Å². The van der Waals surface area contributed by atoms with Gasteiger partial charge < -0.3 is 10.4 Å². The molecule has 0 bridgehead atoms. The van der Waals surface area contributed by atoms with Crippen LogP contribution in [0.3, 0.4) is 0 Å². The van der Waals surface area contributed by atoms with Crippen molar-refractivity contribution in [1.29, 1.82) is 0 Å². The van der Waals surface area contributed by atoms with Crippen LogP contribution in [0.25, 0.3) is 10.9 Å². The predicted octanol–water partition coefficient (Wildman–Crippen LogP) is 3.10. The Balaban J connectivity index is 2.41. The van der Waals surface area contributed by atoms with E-state index in [1.165, 1.54) is 6.33 Å². The molecule has 0 aliphatic heterocycles. The Morgan fingerprint density at radius 3 is 2.57 bits per heavy atom. The molecule has 0 fully saturated rings. The van der Waals surface area contributed by atoms with Crippen LogP contribution in [0.1, 0.15) is 26.3 Å². The summed E-state index contributed by atoms with van der Waals surface area (Å²) in [6.07, 6.45) is 1.46. The second-order valence-electron chi connectivity index (χ2n) is 5.81. The van der Waals surface area contributed by atoms with Gasteiger partial charge in [0, 0.05) is 5.39 Å². The van der Waals surface area contributed by atoms with E-state index >= 15 is 0 Å². The molecule has 0 aliphatic rings. The van der Waals surface area contributed by atoms with Crippen LogP contribution >= 0.6 is 0 Å². The van der Waals surface area contributed by atoms with Crippen LogP contribution in [-0.2, 0) is 4.79 Å². The molecule has 0 aliphatic carbocycles. The second kappa shape index (κ2) is 6.08. The first-order valence-corrected chi connectivity index (χ1v) is 7.11. The zero-order chi connectivity index (χ0) is 15.6. The minimum Gasteiger partial charge on any atom is -0.480 e. The Bertz CT molecular complexity index is 655. The van der Waals surface area contributed by atoms with Crippen LogP contribution in [0.5, 0.6) is 0 Å². The number of aryl methyl sites for hydroxylation is 1. The number of carbonyl (C=O) groups is 1. The Morgan fingerprint density at radius 1 is 1.24 bits per heavy atom. The van der Waals surface area contributed by atoms with Gasteiger partial charge in [0.05, 0.1) is 5.52 Å². The molecular weight excluding hydrogens is 266 g/mol. The summed E-state index contributed by atoms with van der Waals surface area (Å²) < 4.78 is 0. The standard InChI is InChI=1S/C16H21N3O2/c1-9(2)11(4)14(16(20)21)19-15-12-7-10(3)5-6-13(12)17-8-18-15/h5-9,11,14H,1-4H3,(H,20,21)(H,17,18,19)/t11-,14+/m0/s1. The SMILES string of the molecule is Cc1ccc2ncnc(N[C@@H](C(=O)O)[C@@H](C)C(C)C)c2c1. The van der Waals surface area contributed by atoms with Crippen LogP contribution in [0.15, 0.2) is 24.5 Å². The lowest BCUT2D eigenvalue weighted by atomic mass is 9.90. The van der Waals surface area contributed by atoms with Crippen LogP contribution in [-0.4, -0.2) is 27.1 Å². The fourth-order valence-corrected chi connectivity index (χ4v) is 2.24. The summed E-state index contributed by atoms with van der Waals surface area (Å²) in [6, 6.07) is 5.18. The van der Waals surface area contributed by atoms with Gasteiger partial charge >= 0.3 is 5.97 Å². The highest BCUT2D eigenvalue weighted by Gasteiger charge is 2.27. The first kappa shape index (κ1) is 15.2. The first-order chi connectivity index (χ1) is 9.90. The Hall–Kier alpha value is -2.17. The molecular formula is C16H21N3O2. The quantitative estimate of drug-likeness (QED) is 0.883. The van der Waals surface area contributed by atoms with Crippen LogP contribution in [0.2, 0.25) is 0 Å². The molecule has 21 heavy (non-hydrogen) atoms. The maximum atomic E-state index is 11.5. The number of carboxylic acid groups (broad SMARTS) is 1. The first-order valence-electron chi connectivity index (χ1n) is 7.11. The molecule has 0 spiro atoms. The molecule has 0 radical (unpaired) electrons. The van der Waals surface area contributed by atoms with E-state index in [2.05, 4.69) is 15.3 Å². The number of hydrogen-bond acceptors (Lipinski definition) is 4. The van der Waals surface area contributed by atoms with Crippen LogP contribution in [0, 0.1) is 18.8 Å². The van der Waals surface area contributed by atoms with Gasteiger partial charge in [-0.15, -0.1) is 0 Å². The number of aliphatic carboxylic acids is 1. The monoisotopic (exact) mass is 287 g/mol. The van der Waals surface area contributed by atoms with Crippen molar-refractivity contribution in [3.63, 3.8) is 0 Å². The number of anilines is 1. The lowest BCUT2D eigenvalue weighted by molar-refractivity contribution is -0.139. The molecule has 5 heteroatoms. The highest BCUT2D eigenvalue weighted by atomic mass is 16.4. The van der Waals surface area contributed by atoms with E-state index in [-0.39, 0.29) is 11.8 Å². The number of carboxylic acids is 1. The molecule has 2 N–H and O–H groups in total. The topological polar surface area (TPSA) is 75.1 Å². The van der Waals surface area contributed by atoms with Crippen molar-refractivity contribution in [2.24, 2.45) is 11.8 Å². The Morgan fingerprint density at radius 2 is 1.95 bits per heavy atom. The largest absolute Gasteiger partial charge is 0.480 e. The number of hydrogen-bond donors (Lipinski definition) is 2. The van der Waals surface area contributed by atoms with Crippen LogP contribution < -0.4 is 5.32 Å². The minimum absolute atomic E-state index is 0.0164. The van der Waals surface area contributed by atoms with Gasteiger partial charge in [0.2, 0.25) is 0 Å². The third-order valence-electron chi connectivity index (χ3n) is 3.93. The van der Waals surface area contributed by atoms with Gasteiger partial charge in [0.1, 0.15) is 18.2 Å². The molecule has 0 saturated carbocycles. The van der Waals surface area contributed by atoms with Gasteiger partial charge in [-0.3, -0.25) is 0 Å². The third-order valence-corrected chi connectivity index (χ3v) is 3.93. The molecule has 0 unspecified atom stereocenters. The van der Waals surface area contributed by atoms with Gasteiger partial charge in [0.15, 0.2) is 0 Å². The van der Waals surface area contributed by atoms with Crippen molar-refractivity contribution in [3.05, 3.63) is 30.1 Å². The molecule has 2 rings (SSSR count). The van der Waals surface area contributed by atoms with Gasteiger partial charge in [0.25, 0.3) is 0 Å². The van der Waals surface area contributed by atoms with Gasteiger partial charge in [-0.1, -0.05) is 32.4 Å². The molecule has 1 aromatic carbocycles. The average molecular weight is 287 g/mol. The van der Waals surface area contributed by atoms with Crippen molar-refractivity contribution < 1.29 is 9.90 Å². The van der Waals surface area contributed by atoms with Gasteiger partial charge in [-0.05, 0) is 30.9 Å². The molecule has 5 nitrogen and oxygen atoms in total. The fourth-order valence-electron chi connectivity index (χ4n) is 2.24. The second-order valence-corrected chi connectivity index (χ2v) is 5.81. The zero-order valence-corrected chi connectivity index (χ0v) is 12.8. The summed E-state index contributed by atoms with van der Waals surface area (Å²) in [4.78, 5) is 20.0. The van der Waals surface area contributed by atoms with E-state index in [4.69, 9.17) is 0 Å². The van der Waals surface area contributed by atoms with Crippen molar-refractivity contribution in [3.8, 4) is 0 Å². The van der Waals surface area contributed by atoms with Crippen molar-refractivity contribution in [2.75, 3.05) is 5.32 Å². The summed E-state index contributed by atoms with van der Waals surface area (Å²) in [5.74, 6) is -0.0509. The molecule has 112 valence electrons. The van der Waals surface area contributed by atoms with E-state index in [9.17, 15) is 9.90 Å². The van der Waals surface area contributed by atoms with E-state index < -0.39 is 12.0 Å². The summed E-state index contributed by atoms with van der Waals surface area (Å²) in [7, 11) is 0. The number of fused-ring (bicyclic) bond motifs is 1. The predicted molar refractivity (Wildman–Crippen MR) is 83.3 cm³/mol. The molecule has 0 saturated heterocycles.